The molecule has 0 radical (unpaired) electrons. The molecule has 1 N–H and O–H groups in total. The first-order valence-corrected chi connectivity index (χ1v) is 7.56. The zero-order valence-corrected chi connectivity index (χ0v) is 13.7. The van der Waals surface area contributed by atoms with Crippen LogP contribution in [0.15, 0.2) is 46.9 Å². The van der Waals surface area contributed by atoms with E-state index in [9.17, 15) is 10.1 Å². The molecule has 2 aromatic rings. The third kappa shape index (κ3) is 4.27. The molecule has 0 saturated carbocycles. The Kier molecular flexibility index (Phi) is 5.33. The number of rotatable bonds is 5. The molecule has 0 aliphatic rings. The van der Waals surface area contributed by atoms with Crippen molar-refractivity contribution >= 4 is 33.2 Å². The van der Waals surface area contributed by atoms with E-state index in [0.29, 0.717) is 11.6 Å². The molecule has 0 fully saturated rings. The zero-order valence-electron chi connectivity index (χ0n) is 11.3. The van der Waals surface area contributed by atoms with Crippen LogP contribution in [-0.4, -0.2) is 4.92 Å². The molecule has 0 aromatic heterocycles. The molecular formula is C15H14BrClN2O2. The van der Waals surface area contributed by atoms with E-state index in [1.807, 2.05) is 25.1 Å². The first-order chi connectivity index (χ1) is 9.97. The van der Waals surface area contributed by atoms with E-state index in [2.05, 4.69) is 21.2 Å². The number of benzene rings is 2. The van der Waals surface area contributed by atoms with Gasteiger partial charge in [-0.1, -0.05) is 45.7 Å². The van der Waals surface area contributed by atoms with E-state index in [1.165, 1.54) is 12.1 Å². The molecule has 1 unspecified atom stereocenters. The summed E-state index contributed by atoms with van der Waals surface area (Å²) in [4.78, 5) is 10.2. The van der Waals surface area contributed by atoms with Crippen LogP contribution in [0, 0.1) is 10.1 Å². The van der Waals surface area contributed by atoms with Gasteiger partial charge in [-0.2, -0.15) is 0 Å². The van der Waals surface area contributed by atoms with Crippen LogP contribution < -0.4 is 5.32 Å². The van der Waals surface area contributed by atoms with Crippen LogP contribution in [0.25, 0.3) is 0 Å². The largest absolute Gasteiger partial charge is 0.306 e. The summed E-state index contributed by atoms with van der Waals surface area (Å²) < 4.78 is 0.943. The lowest BCUT2D eigenvalue weighted by atomic mass is 10.1. The topological polar surface area (TPSA) is 55.2 Å². The summed E-state index contributed by atoms with van der Waals surface area (Å²) in [7, 11) is 0. The van der Waals surface area contributed by atoms with Crippen LogP contribution in [-0.2, 0) is 6.54 Å². The van der Waals surface area contributed by atoms with Gasteiger partial charge in [0.2, 0.25) is 0 Å². The summed E-state index contributed by atoms with van der Waals surface area (Å²) in [5.74, 6) is 0. The second-order valence-corrected chi connectivity index (χ2v) is 6.01. The highest BCUT2D eigenvalue weighted by atomic mass is 79.9. The smallest absolute Gasteiger partial charge is 0.269 e. The van der Waals surface area contributed by atoms with Gasteiger partial charge in [-0.05, 0) is 30.2 Å². The molecule has 0 aliphatic heterocycles. The summed E-state index contributed by atoms with van der Waals surface area (Å²) in [6.07, 6.45) is 0. The molecule has 6 heteroatoms. The Bertz CT molecular complexity index is 647. The first-order valence-electron chi connectivity index (χ1n) is 6.39. The first kappa shape index (κ1) is 15.9. The molecule has 1 atom stereocenters. The second-order valence-electron chi connectivity index (χ2n) is 4.69. The molecule has 21 heavy (non-hydrogen) atoms. The predicted octanol–water partition coefficient (Wildman–Crippen LogP) is 4.86. The number of non-ortho nitro benzene ring substituents is 1. The molecule has 0 heterocycles. The average molecular weight is 370 g/mol. The fourth-order valence-corrected chi connectivity index (χ4v) is 2.81. The maximum atomic E-state index is 10.6. The summed E-state index contributed by atoms with van der Waals surface area (Å²) in [5, 5.41) is 14.7. The monoisotopic (exact) mass is 368 g/mol. The van der Waals surface area contributed by atoms with E-state index >= 15 is 0 Å². The fraction of sp³-hybridized carbons (Fsp3) is 0.200. The number of nitrogens with zero attached hydrogens (tertiary/aromatic N) is 1. The van der Waals surface area contributed by atoms with Crippen molar-refractivity contribution in [3.8, 4) is 0 Å². The van der Waals surface area contributed by atoms with Crippen LogP contribution in [0.5, 0.6) is 0 Å². The van der Waals surface area contributed by atoms with Crippen molar-refractivity contribution in [3.05, 3.63) is 73.2 Å². The Morgan fingerprint density at radius 3 is 2.52 bits per heavy atom. The Morgan fingerprint density at radius 2 is 1.95 bits per heavy atom. The molecule has 110 valence electrons. The second kappa shape index (κ2) is 7.02. The van der Waals surface area contributed by atoms with Gasteiger partial charge in [0.1, 0.15) is 0 Å². The van der Waals surface area contributed by atoms with Crippen LogP contribution in [0.2, 0.25) is 5.02 Å². The van der Waals surface area contributed by atoms with Crippen LogP contribution in [0.1, 0.15) is 24.1 Å². The van der Waals surface area contributed by atoms with Crippen LogP contribution in [0.4, 0.5) is 5.69 Å². The fourth-order valence-electron chi connectivity index (χ4n) is 1.97. The highest BCUT2D eigenvalue weighted by molar-refractivity contribution is 9.10. The maximum absolute atomic E-state index is 10.6. The standard InChI is InChI=1S/C15H14BrClN2O2/c1-10(14-7-4-12(16)8-15(14)17)18-9-11-2-5-13(6-3-11)19(20)21/h2-8,10,18H,9H2,1H3. The normalized spacial score (nSPS) is 12.1. The van der Waals surface area contributed by atoms with Crippen LogP contribution >= 0.6 is 27.5 Å². The number of nitro groups is 1. The molecule has 0 bridgehead atoms. The number of halogens is 2. The van der Waals surface area contributed by atoms with E-state index in [-0.39, 0.29) is 11.7 Å². The Labute approximate surface area is 136 Å². The molecule has 0 saturated heterocycles. The molecular weight excluding hydrogens is 356 g/mol. The molecule has 4 nitrogen and oxygen atoms in total. The summed E-state index contributed by atoms with van der Waals surface area (Å²) in [5.41, 5.74) is 2.10. The van der Waals surface area contributed by atoms with E-state index < -0.39 is 4.92 Å². The highest BCUT2D eigenvalue weighted by Crippen LogP contribution is 2.26. The molecule has 2 aromatic carbocycles. The van der Waals surface area contributed by atoms with Crippen molar-refractivity contribution < 1.29 is 4.92 Å². The molecule has 0 amide bonds. The van der Waals surface area contributed by atoms with Gasteiger partial charge in [0.05, 0.1) is 4.92 Å². The van der Waals surface area contributed by atoms with E-state index in [4.69, 9.17) is 11.6 Å². The zero-order chi connectivity index (χ0) is 15.4. The number of hydrogen-bond donors (Lipinski definition) is 1. The minimum atomic E-state index is -0.401. The van der Waals surface area contributed by atoms with Gasteiger partial charge in [-0.25, -0.2) is 0 Å². The summed E-state index contributed by atoms with van der Waals surface area (Å²) >= 11 is 9.60. The SMILES string of the molecule is CC(NCc1ccc([N+](=O)[O-])cc1)c1ccc(Br)cc1Cl. The minimum absolute atomic E-state index is 0.0841. The van der Waals surface area contributed by atoms with Crippen molar-refractivity contribution in [3.63, 3.8) is 0 Å². The molecule has 0 spiro atoms. The van der Waals surface area contributed by atoms with Gasteiger partial charge < -0.3 is 5.32 Å². The van der Waals surface area contributed by atoms with Crippen molar-refractivity contribution in [2.24, 2.45) is 0 Å². The van der Waals surface area contributed by atoms with Gasteiger partial charge in [-0.3, -0.25) is 10.1 Å². The number of hydrogen-bond acceptors (Lipinski definition) is 3. The van der Waals surface area contributed by atoms with Gasteiger partial charge in [0, 0.05) is 34.2 Å². The molecule has 2 rings (SSSR count). The van der Waals surface area contributed by atoms with Crippen molar-refractivity contribution in [2.45, 2.75) is 19.5 Å². The van der Waals surface area contributed by atoms with Gasteiger partial charge in [-0.15, -0.1) is 0 Å². The minimum Gasteiger partial charge on any atom is -0.306 e. The third-order valence-electron chi connectivity index (χ3n) is 3.19. The number of nitro benzene ring substituents is 1. The molecule has 0 aliphatic carbocycles. The predicted molar refractivity (Wildman–Crippen MR) is 87.5 cm³/mol. The summed E-state index contributed by atoms with van der Waals surface area (Å²) in [6.45, 7) is 2.64. The number of nitrogens with one attached hydrogen (secondary N) is 1. The lowest BCUT2D eigenvalue weighted by Gasteiger charge is -2.16. The van der Waals surface area contributed by atoms with Gasteiger partial charge >= 0.3 is 0 Å². The van der Waals surface area contributed by atoms with Crippen molar-refractivity contribution in [1.29, 1.82) is 0 Å². The highest BCUT2D eigenvalue weighted by Gasteiger charge is 2.10. The lowest BCUT2D eigenvalue weighted by Crippen LogP contribution is -2.18. The Balaban J connectivity index is 2.00. The van der Waals surface area contributed by atoms with Gasteiger partial charge in [0.15, 0.2) is 0 Å². The van der Waals surface area contributed by atoms with E-state index in [0.717, 1.165) is 15.6 Å². The van der Waals surface area contributed by atoms with Crippen molar-refractivity contribution in [2.75, 3.05) is 0 Å². The quantitative estimate of drug-likeness (QED) is 0.605. The Morgan fingerprint density at radius 1 is 1.29 bits per heavy atom. The third-order valence-corrected chi connectivity index (χ3v) is 4.01. The van der Waals surface area contributed by atoms with Crippen molar-refractivity contribution in [1.82, 2.24) is 5.32 Å². The maximum Gasteiger partial charge on any atom is 0.269 e. The van der Waals surface area contributed by atoms with Gasteiger partial charge in [0.25, 0.3) is 5.69 Å². The Hall–Kier alpha value is -1.43. The summed E-state index contributed by atoms with van der Waals surface area (Å²) in [6, 6.07) is 12.4. The average Bonchev–Trinajstić information content (AvgIpc) is 2.45. The van der Waals surface area contributed by atoms with E-state index in [1.54, 1.807) is 12.1 Å². The lowest BCUT2D eigenvalue weighted by molar-refractivity contribution is -0.384. The van der Waals surface area contributed by atoms with Crippen LogP contribution in [0.3, 0.4) is 0 Å².